The third-order valence-electron chi connectivity index (χ3n) is 3.68. The fraction of sp³-hybridized carbons (Fsp3) is 0.571. The first kappa shape index (κ1) is 11.5. The monoisotopic (exact) mass is 219 g/mol. The summed E-state index contributed by atoms with van der Waals surface area (Å²) in [7, 11) is 0. The van der Waals surface area contributed by atoms with Crippen LogP contribution in [0.25, 0.3) is 0 Å². The quantitative estimate of drug-likeness (QED) is 0.801. The van der Waals surface area contributed by atoms with Crippen LogP contribution in [0.15, 0.2) is 18.2 Å². The van der Waals surface area contributed by atoms with E-state index in [0.29, 0.717) is 5.92 Å². The van der Waals surface area contributed by atoms with Gasteiger partial charge in [-0.25, -0.2) is 0 Å². The van der Waals surface area contributed by atoms with E-state index in [1.165, 1.54) is 16.8 Å². The van der Waals surface area contributed by atoms with Gasteiger partial charge in [0, 0.05) is 12.1 Å². The summed E-state index contributed by atoms with van der Waals surface area (Å²) >= 11 is 0. The van der Waals surface area contributed by atoms with Gasteiger partial charge in [0.1, 0.15) is 0 Å². The number of anilines is 1. The highest BCUT2D eigenvalue weighted by atomic mass is 16.3. The predicted octanol–water partition coefficient (Wildman–Crippen LogP) is 2.74. The van der Waals surface area contributed by atoms with Crippen LogP contribution in [0.4, 0.5) is 5.69 Å². The first-order chi connectivity index (χ1) is 7.61. The van der Waals surface area contributed by atoms with Gasteiger partial charge in [-0.05, 0) is 24.5 Å². The zero-order valence-electron chi connectivity index (χ0n) is 10.3. The van der Waals surface area contributed by atoms with Gasteiger partial charge in [0.15, 0.2) is 0 Å². The molecule has 88 valence electrons. The molecule has 2 heteroatoms. The Balaban J connectivity index is 2.25. The molecular weight excluding hydrogens is 198 g/mol. The molecule has 0 aliphatic carbocycles. The molecule has 0 spiro atoms. The summed E-state index contributed by atoms with van der Waals surface area (Å²) < 4.78 is 0. The number of hydrogen-bond acceptors (Lipinski definition) is 2. The maximum absolute atomic E-state index is 10.1. The van der Waals surface area contributed by atoms with Gasteiger partial charge in [-0.1, -0.05) is 38.0 Å². The summed E-state index contributed by atoms with van der Waals surface area (Å²) in [6.45, 7) is 6.46. The lowest BCUT2D eigenvalue weighted by Crippen LogP contribution is -2.43. The van der Waals surface area contributed by atoms with Crippen molar-refractivity contribution in [1.82, 2.24) is 0 Å². The van der Waals surface area contributed by atoms with Crippen LogP contribution in [0.3, 0.4) is 0 Å². The molecule has 3 atom stereocenters. The van der Waals surface area contributed by atoms with Crippen molar-refractivity contribution in [2.24, 2.45) is 5.92 Å². The molecule has 2 rings (SSSR count). The molecule has 1 aromatic carbocycles. The zero-order valence-corrected chi connectivity index (χ0v) is 10.3. The van der Waals surface area contributed by atoms with Crippen LogP contribution >= 0.6 is 0 Å². The molecule has 0 radical (unpaired) electrons. The molecule has 1 aliphatic heterocycles. The van der Waals surface area contributed by atoms with E-state index >= 15 is 0 Å². The van der Waals surface area contributed by atoms with Gasteiger partial charge in [0.05, 0.1) is 12.1 Å². The zero-order chi connectivity index (χ0) is 11.7. The second-order valence-electron chi connectivity index (χ2n) is 4.99. The summed E-state index contributed by atoms with van der Waals surface area (Å²) in [5.41, 5.74) is 3.70. The van der Waals surface area contributed by atoms with Gasteiger partial charge in [-0.15, -0.1) is 0 Å². The number of hydrogen-bond donors (Lipinski definition) is 2. The molecule has 2 nitrogen and oxygen atoms in total. The van der Waals surface area contributed by atoms with Crippen molar-refractivity contribution in [3.63, 3.8) is 0 Å². The molecule has 1 aliphatic rings. The van der Waals surface area contributed by atoms with Crippen LogP contribution in [-0.2, 0) is 6.42 Å². The third-order valence-corrected chi connectivity index (χ3v) is 3.68. The fourth-order valence-electron chi connectivity index (χ4n) is 2.44. The van der Waals surface area contributed by atoms with E-state index in [9.17, 15) is 5.11 Å². The lowest BCUT2D eigenvalue weighted by molar-refractivity contribution is 0.124. The van der Waals surface area contributed by atoms with Crippen molar-refractivity contribution >= 4 is 5.69 Å². The van der Waals surface area contributed by atoms with Gasteiger partial charge in [0.25, 0.3) is 0 Å². The van der Waals surface area contributed by atoms with E-state index < -0.39 is 0 Å². The maximum atomic E-state index is 10.1. The highest BCUT2D eigenvalue weighted by molar-refractivity contribution is 5.56. The number of fused-ring (bicyclic) bond motifs is 1. The number of nitrogens with one attached hydrogen (secondary N) is 1. The molecule has 1 heterocycles. The molecule has 0 bridgehead atoms. The van der Waals surface area contributed by atoms with E-state index in [-0.39, 0.29) is 12.1 Å². The molecule has 2 N–H and O–H groups in total. The maximum Gasteiger partial charge on any atom is 0.0784 e. The molecule has 0 saturated heterocycles. The summed E-state index contributed by atoms with van der Waals surface area (Å²) in [5.74, 6) is 0.504. The van der Waals surface area contributed by atoms with Gasteiger partial charge in [0.2, 0.25) is 0 Å². The van der Waals surface area contributed by atoms with Crippen LogP contribution in [0.2, 0.25) is 0 Å². The summed E-state index contributed by atoms with van der Waals surface area (Å²) in [6.07, 6.45) is 1.61. The van der Waals surface area contributed by atoms with Crippen molar-refractivity contribution in [3.8, 4) is 0 Å². The molecule has 0 fully saturated rings. The predicted molar refractivity (Wildman–Crippen MR) is 67.8 cm³/mol. The van der Waals surface area contributed by atoms with Crippen molar-refractivity contribution < 1.29 is 5.11 Å². The van der Waals surface area contributed by atoms with Crippen molar-refractivity contribution in [1.29, 1.82) is 0 Å². The van der Waals surface area contributed by atoms with Crippen LogP contribution in [0.1, 0.15) is 31.4 Å². The number of aryl methyl sites for hydroxylation is 1. The van der Waals surface area contributed by atoms with Crippen LogP contribution < -0.4 is 5.32 Å². The largest absolute Gasteiger partial charge is 0.391 e. The van der Waals surface area contributed by atoms with Crippen LogP contribution in [-0.4, -0.2) is 17.3 Å². The normalized spacial score (nSPS) is 25.8. The fourth-order valence-corrected chi connectivity index (χ4v) is 2.44. The Morgan fingerprint density at radius 2 is 2.25 bits per heavy atom. The average Bonchev–Trinajstić information content (AvgIpc) is 2.27. The highest BCUT2D eigenvalue weighted by Crippen LogP contribution is 2.29. The second-order valence-corrected chi connectivity index (χ2v) is 4.99. The second kappa shape index (κ2) is 4.46. The Hall–Kier alpha value is -1.02. The minimum atomic E-state index is -0.260. The smallest absolute Gasteiger partial charge is 0.0784 e. The first-order valence-corrected chi connectivity index (χ1v) is 6.16. The molecule has 0 amide bonds. The standard InChI is InChI=1S/C14H21NO/c1-4-10(3)14-13(16)8-11-7-9(2)5-6-12(11)15-14/h5-7,10,13-16H,4,8H2,1-3H3. The van der Waals surface area contributed by atoms with Crippen LogP contribution in [0.5, 0.6) is 0 Å². The van der Waals surface area contributed by atoms with Gasteiger partial charge >= 0.3 is 0 Å². The first-order valence-electron chi connectivity index (χ1n) is 6.16. The number of benzene rings is 1. The van der Waals surface area contributed by atoms with E-state index in [2.05, 4.69) is 44.3 Å². The lowest BCUT2D eigenvalue weighted by atomic mass is 9.86. The molecular formula is C14H21NO. The summed E-state index contributed by atoms with van der Waals surface area (Å²) in [6, 6.07) is 6.61. The summed E-state index contributed by atoms with van der Waals surface area (Å²) in [4.78, 5) is 0. The Morgan fingerprint density at radius 1 is 1.50 bits per heavy atom. The van der Waals surface area contributed by atoms with E-state index in [1.54, 1.807) is 0 Å². The Labute approximate surface area is 97.7 Å². The van der Waals surface area contributed by atoms with Gasteiger partial charge in [-0.3, -0.25) is 0 Å². The van der Waals surface area contributed by atoms with Gasteiger partial charge < -0.3 is 10.4 Å². The van der Waals surface area contributed by atoms with Crippen molar-refractivity contribution in [3.05, 3.63) is 29.3 Å². The van der Waals surface area contributed by atoms with E-state index in [0.717, 1.165) is 12.8 Å². The number of rotatable bonds is 2. The van der Waals surface area contributed by atoms with Crippen LogP contribution in [0, 0.1) is 12.8 Å². The minimum Gasteiger partial charge on any atom is -0.391 e. The van der Waals surface area contributed by atoms with Crippen molar-refractivity contribution in [2.45, 2.75) is 45.8 Å². The average molecular weight is 219 g/mol. The van der Waals surface area contributed by atoms with Gasteiger partial charge in [-0.2, -0.15) is 0 Å². The molecule has 0 aromatic heterocycles. The molecule has 3 unspecified atom stereocenters. The molecule has 0 saturated carbocycles. The van der Waals surface area contributed by atoms with E-state index in [1.807, 2.05) is 0 Å². The minimum absolute atomic E-state index is 0.195. The Morgan fingerprint density at radius 3 is 2.94 bits per heavy atom. The summed E-state index contributed by atoms with van der Waals surface area (Å²) in [5, 5.41) is 13.6. The topological polar surface area (TPSA) is 32.3 Å². The molecule has 1 aromatic rings. The Bertz CT molecular complexity index is 375. The Kier molecular flexibility index (Phi) is 3.20. The lowest BCUT2D eigenvalue weighted by Gasteiger charge is -2.35. The van der Waals surface area contributed by atoms with E-state index in [4.69, 9.17) is 0 Å². The molecule has 16 heavy (non-hydrogen) atoms. The highest BCUT2D eigenvalue weighted by Gasteiger charge is 2.29. The van der Waals surface area contributed by atoms with Crippen molar-refractivity contribution in [2.75, 3.05) is 5.32 Å². The SMILES string of the molecule is CCC(C)C1Nc2ccc(C)cc2CC1O. The number of aliphatic hydroxyl groups excluding tert-OH is 1. The number of aliphatic hydroxyl groups is 1. The third kappa shape index (κ3) is 2.07.